The molecule has 1 heterocycles. The summed E-state index contributed by atoms with van der Waals surface area (Å²) in [6.45, 7) is 3.06. The number of benzene rings is 1. The molecule has 1 unspecified atom stereocenters. The third kappa shape index (κ3) is 2.64. The van der Waals surface area contributed by atoms with Crippen LogP contribution < -0.4 is 10.2 Å². The fourth-order valence-electron chi connectivity index (χ4n) is 2.90. The Bertz CT molecular complexity index is 462. The van der Waals surface area contributed by atoms with Gasteiger partial charge < -0.3 is 10.2 Å². The van der Waals surface area contributed by atoms with Crippen molar-refractivity contribution in [3.05, 3.63) is 28.3 Å². The summed E-state index contributed by atoms with van der Waals surface area (Å²) in [7, 11) is 1.72. The Morgan fingerprint density at radius 2 is 2.26 bits per heavy atom. The predicted molar refractivity (Wildman–Crippen MR) is 77.9 cm³/mol. The molecule has 0 bridgehead atoms. The molecule has 0 aromatic heterocycles. The SMILES string of the molecule is CCC1CCCCN1c1cccc(NC)c1[N+](=O)[O-]. The second-order valence-corrected chi connectivity index (χ2v) is 4.93. The van der Waals surface area contributed by atoms with Gasteiger partial charge >= 0.3 is 5.69 Å². The molecule has 104 valence electrons. The molecule has 1 saturated heterocycles. The first-order valence-corrected chi connectivity index (χ1v) is 6.90. The summed E-state index contributed by atoms with van der Waals surface area (Å²) in [5, 5.41) is 14.3. The third-order valence-corrected chi connectivity index (χ3v) is 3.87. The third-order valence-electron chi connectivity index (χ3n) is 3.87. The Labute approximate surface area is 113 Å². The smallest absolute Gasteiger partial charge is 0.315 e. The van der Waals surface area contributed by atoms with Gasteiger partial charge in [-0.25, -0.2) is 0 Å². The second kappa shape index (κ2) is 5.91. The van der Waals surface area contributed by atoms with E-state index in [1.54, 1.807) is 13.1 Å². The molecule has 1 aliphatic heterocycles. The van der Waals surface area contributed by atoms with Gasteiger partial charge in [0.15, 0.2) is 0 Å². The molecule has 1 aromatic carbocycles. The van der Waals surface area contributed by atoms with Crippen LogP contribution in [0.25, 0.3) is 0 Å². The Morgan fingerprint density at radius 1 is 1.47 bits per heavy atom. The zero-order valence-corrected chi connectivity index (χ0v) is 11.6. The van der Waals surface area contributed by atoms with Gasteiger partial charge in [-0.15, -0.1) is 0 Å². The summed E-state index contributed by atoms with van der Waals surface area (Å²) < 4.78 is 0. The van der Waals surface area contributed by atoms with Gasteiger partial charge in [0.2, 0.25) is 0 Å². The summed E-state index contributed by atoms with van der Waals surface area (Å²) >= 11 is 0. The van der Waals surface area contributed by atoms with Crippen LogP contribution in [0.2, 0.25) is 0 Å². The molecule has 1 fully saturated rings. The van der Waals surface area contributed by atoms with Gasteiger partial charge in [0.05, 0.1) is 4.92 Å². The average molecular weight is 263 g/mol. The Balaban J connectivity index is 2.45. The van der Waals surface area contributed by atoms with Crippen molar-refractivity contribution in [2.24, 2.45) is 0 Å². The van der Waals surface area contributed by atoms with E-state index in [2.05, 4.69) is 17.1 Å². The number of nitrogens with one attached hydrogen (secondary N) is 1. The lowest BCUT2D eigenvalue weighted by Crippen LogP contribution is -2.39. The maximum absolute atomic E-state index is 11.4. The van der Waals surface area contributed by atoms with Crippen molar-refractivity contribution in [1.82, 2.24) is 0 Å². The van der Waals surface area contributed by atoms with Crippen LogP contribution in [-0.2, 0) is 0 Å². The topological polar surface area (TPSA) is 58.4 Å². The standard InChI is InChI=1S/C14H21N3O2/c1-3-11-7-4-5-10-16(11)13-9-6-8-12(15-2)14(13)17(18)19/h6,8-9,11,15H,3-5,7,10H2,1-2H3. The molecule has 1 aliphatic rings. The highest BCUT2D eigenvalue weighted by Crippen LogP contribution is 2.38. The molecule has 5 nitrogen and oxygen atoms in total. The van der Waals surface area contributed by atoms with Crippen molar-refractivity contribution in [3.8, 4) is 0 Å². The van der Waals surface area contributed by atoms with Crippen molar-refractivity contribution >= 4 is 17.1 Å². The van der Waals surface area contributed by atoms with Crippen molar-refractivity contribution in [2.45, 2.75) is 38.6 Å². The van der Waals surface area contributed by atoms with Gasteiger partial charge in [-0.1, -0.05) is 13.0 Å². The largest absolute Gasteiger partial charge is 0.382 e. The number of nitro groups is 1. The highest BCUT2D eigenvalue weighted by Gasteiger charge is 2.28. The fourth-order valence-corrected chi connectivity index (χ4v) is 2.90. The molecule has 5 heteroatoms. The number of nitrogens with zero attached hydrogens (tertiary/aromatic N) is 2. The average Bonchev–Trinajstić information content (AvgIpc) is 2.46. The normalized spacial score (nSPS) is 19.3. The molecule has 0 spiro atoms. The minimum Gasteiger partial charge on any atom is -0.382 e. The van der Waals surface area contributed by atoms with Crippen molar-refractivity contribution in [3.63, 3.8) is 0 Å². The Kier molecular flexibility index (Phi) is 4.24. The number of piperidine rings is 1. The lowest BCUT2D eigenvalue weighted by Gasteiger charge is -2.36. The maximum atomic E-state index is 11.4. The quantitative estimate of drug-likeness (QED) is 0.668. The number of para-hydroxylation sites is 1. The van der Waals surface area contributed by atoms with Crippen LogP contribution >= 0.6 is 0 Å². The molecule has 0 aliphatic carbocycles. The van der Waals surface area contributed by atoms with Crippen LogP contribution in [-0.4, -0.2) is 24.6 Å². The minimum atomic E-state index is -0.275. The van der Waals surface area contributed by atoms with Crippen LogP contribution in [0.1, 0.15) is 32.6 Å². The molecule has 1 N–H and O–H groups in total. The van der Waals surface area contributed by atoms with E-state index in [-0.39, 0.29) is 10.6 Å². The molecular weight excluding hydrogens is 242 g/mol. The lowest BCUT2D eigenvalue weighted by molar-refractivity contribution is -0.383. The van der Waals surface area contributed by atoms with Crippen molar-refractivity contribution < 1.29 is 4.92 Å². The fraction of sp³-hybridized carbons (Fsp3) is 0.571. The highest BCUT2D eigenvalue weighted by molar-refractivity contribution is 5.77. The van der Waals surface area contributed by atoms with Gasteiger partial charge in [0.1, 0.15) is 11.4 Å². The second-order valence-electron chi connectivity index (χ2n) is 4.93. The molecule has 1 aromatic rings. The summed E-state index contributed by atoms with van der Waals surface area (Å²) in [5.74, 6) is 0. The zero-order valence-electron chi connectivity index (χ0n) is 11.6. The number of nitro benzene ring substituents is 1. The van der Waals surface area contributed by atoms with Gasteiger partial charge in [0.25, 0.3) is 0 Å². The van der Waals surface area contributed by atoms with Gasteiger partial charge in [0, 0.05) is 19.6 Å². The van der Waals surface area contributed by atoms with Crippen LogP contribution in [0, 0.1) is 10.1 Å². The van der Waals surface area contributed by atoms with E-state index in [0.29, 0.717) is 11.7 Å². The molecule has 0 radical (unpaired) electrons. The van der Waals surface area contributed by atoms with E-state index < -0.39 is 0 Å². The van der Waals surface area contributed by atoms with Gasteiger partial charge in [-0.3, -0.25) is 10.1 Å². The molecule has 19 heavy (non-hydrogen) atoms. The summed E-state index contributed by atoms with van der Waals surface area (Å²) in [6, 6.07) is 5.93. The zero-order chi connectivity index (χ0) is 13.8. The molecule has 2 rings (SSSR count). The van der Waals surface area contributed by atoms with E-state index >= 15 is 0 Å². The van der Waals surface area contributed by atoms with Crippen molar-refractivity contribution in [2.75, 3.05) is 23.8 Å². The van der Waals surface area contributed by atoms with E-state index in [1.165, 1.54) is 6.42 Å². The molecule has 1 atom stereocenters. The Hall–Kier alpha value is -1.78. The molecular formula is C14H21N3O2. The first kappa shape index (κ1) is 13.6. The van der Waals surface area contributed by atoms with Gasteiger partial charge in [-0.05, 0) is 37.8 Å². The lowest BCUT2D eigenvalue weighted by atomic mass is 9.98. The van der Waals surface area contributed by atoms with E-state index in [9.17, 15) is 10.1 Å². The first-order chi connectivity index (χ1) is 9.19. The van der Waals surface area contributed by atoms with Crippen LogP contribution in [0.3, 0.4) is 0 Å². The molecule has 0 amide bonds. The van der Waals surface area contributed by atoms with Gasteiger partial charge in [-0.2, -0.15) is 0 Å². The number of hydrogen-bond acceptors (Lipinski definition) is 4. The molecule has 0 saturated carbocycles. The number of hydrogen-bond donors (Lipinski definition) is 1. The minimum absolute atomic E-state index is 0.199. The van der Waals surface area contributed by atoms with Crippen LogP contribution in [0.4, 0.5) is 17.1 Å². The van der Waals surface area contributed by atoms with E-state index in [1.807, 2.05) is 12.1 Å². The Morgan fingerprint density at radius 3 is 2.89 bits per heavy atom. The van der Waals surface area contributed by atoms with E-state index in [4.69, 9.17) is 0 Å². The van der Waals surface area contributed by atoms with E-state index in [0.717, 1.165) is 31.5 Å². The van der Waals surface area contributed by atoms with Crippen LogP contribution in [0.5, 0.6) is 0 Å². The van der Waals surface area contributed by atoms with Crippen molar-refractivity contribution in [1.29, 1.82) is 0 Å². The van der Waals surface area contributed by atoms with Crippen LogP contribution in [0.15, 0.2) is 18.2 Å². The predicted octanol–water partition coefficient (Wildman–Crippen LogP) is 3.41. The maximum Gasteiger partial charge on any atom is 0.315 e. The summed E-state index contributed by atoms with van der Waals surface area (Å²) in [6.07, 6.45) is 4.48. The summed E-state index contributed by atoms with van der Waals surface area (Å²) in [5.41, 5.74) is 1.54. The number of rotatable bonds is 4. The summed E-state index contributed by atoms with van der Waals surface area (Å²) in [4.78, 5) is 13.3. The highest BCUT2D eigenvalue weighted by atomic mass is 16.6. The first-order valence-electron chi connectivity index (χ1n) is 6.90. The number of anilines is 2. The monoisotopic (exact) mass is 263 g/mol.